The van der Waals surface area contributed by atoms with E-state index in [1.807, 2.05) is 19.1 Å². The molecule has 0 fully saturated rings. The Morgan fingerprint density at radius 1 is 1.54 bits per heavy atom. The molecule has 1 amide bonds. The molecule has 0 aliphatic carbocycles. The number of rotatable bonds is 3. The van der Waals surface area contributed by atoms with Crippen molar-refractivity contribution in [1.29, 1.82) is 0 Å². The number of carbonyl (C=O) groups excluding carboxylic acids is 1. The predicted molar refractivity (Wildman–Crippen MR) is 50.3 cm³/mol. The Bertz CT molecular complexity index is 323. The molecule has 0 bridgehead atoms. The van der Waals surface area contributed by atoms with Gasteiger partial charge in [-0.05, 0) is 18.6 Å². The summed E-state index contributed by atoms with van der Waals surface area (Å²) in [6, 6.07) is 5.37. The molecule has 0 aromatic heterocycles. The van der Waals surface area contributed by atoms with E-state index in [0.717, 1.165) is 5.56 Å². The summed E-state index contributed by atoms with van der Waals surface area (Å²) < 4.78 is 5.08. The average molecular weight is 180 g/mol. The van der Waals surface area contributed by atoms with Crippen LogP contribution >= 0.6 is 0 Å². The topological polar surface area (TPSA) is 78.3 Å². The van der Waals surface area contributed by atoms with E-state index >= 15 is 0 Å². The van der Waals surface area contributed by atoms with Gasteiger partial charge in [0.15, 0.2) is 6.61 Å². The second-order valence-corrected chi connectivity index (χ2v) is 2.74. The van der Waals surface area contributed by atoms with Crippen LogP contribution < -0.4 is 16.2 Å². The van der Waals surface area contributed by atoms with Crippen molar-refractivity contribution < 1.29 is 9.53 Å². The number of nitrogens with two attached hydrogens (primary N) is 2. The lowest BCUT2D eigenvalue weighted by Gasteiger charge is -2.08. The van der Waals surface area contributed by atoms with Crippen LogP contribution in [0.25, 0.3) is 0 Å². The maximum Gasteiger partial charge on any atom is 0.255 e. The van der Waals surface area contributed by atoms with E-state index in [-0.39, 0.29) is 6.61 Å². The van der Waals surface area contributed by atoms with Crippen molar-refractivity contribution in [3.8, 4) is 5.75 Å². The Balaban J connectivity index is 2.77. The van der Waals surface area contributed by atoms with Gasteiger partial charge in [0.1, 0.15) is 5.75 Å². The molecule has 0 radical (unpaired) electrons. The summed E-state index contributed by atoms with van der Waals surface area (Å²) in [5, 5.41) is 0. The van der Waals surface area contributed by atoms with Gasteiger partial charge in [-0.2, -0.15) is 0 Å². The van der Waals surface area contributed by atoms with Gasteiger partial charge >= 0.3 is 0 Å². The second kappa shape index (κ2) is 3.80. The largest absolute Gasteiger partial charge is 0.482 e. The number of ether oxygens (including phenoxy) is 1. The monoisotopic (exact) mass is 180 g/mol. The van der Waals surface area contributed by atoms with E-state index in [4.69, 9.17) is 16.2 Å². The minimum absolute atomic E-state index is 0.145. The summed E-state index contributed by atoms with van der Waals surface area (Å²) in [4.78, 5) is 10.4. The highest BCUT2D eigenvalue weighted by Crippen LogP contribution is 2.23. The first kappa shape index (κ1) is 9.38. The van der Waals surface area contributed by atoms with Gasteiger partial charge in [-0.1, -0.05) is 12.1 Å². The zero-order chi connectivity index (χ0) is 9.84. The number of hydrogen-bond acceptors (Lipinski definition) is 3. The van der Waals surface area contributed by atoms with Crippen LogP contribution in [0.5, 0.6) is 5.75 Å². The summed E-state index contributed by atoms with van der Waals surface area (Å²) in [7, 11) is 0. The third-order valence-corrected chi connectivity index (χ3v) is 1.65. The lowest BCUT2D eigenvalue weighted by molar-refractivity contribution is -0.119. The predicted octanol–water partition coefficient (Wildman–Crippen LogP) is 0.441. The number of hydrogen-bond donors (Lipinski definition) is 2. The van der Waals surface area contributed by atoms with Crippen molar-refractivity contribution in [2.45, 2.75) is 6.92 Å². The first-order chi connectivity index (χ1) is 6.11. The van der Waals surface area contributed by atoms with Crippen molar-refractivity contribution in [3.05, 3.63) is 23.8 Å². The van der Waals surface area contributed by atoms with E-state index in [1.165, 1.54) is 0 Å². The number of anilines is 1. The van der Waals surface area contributed by atoms with Crippen LogP contribution in [0, 0.1) is 6.92 Å². The number of benzene rings is 1. The first-order valence-electron chi connectivity index (χ1n) is 3.87. The van der Waals surface area contributed by atoms with Gasteiger partial charge in [-0.15, -0.1) is 0 Å². The number of nitrogen functional groups attached to an aromatic ring is 1. The molecule has 1 rings (SSSR count). The number of amides is 1. The van der Waals surface area contributed by atoms with Crippen molar-refractivity contribution >= 4 is 11.6 Å². The highest BCUT2D eigenvalue weighted by atomic mass is 16.5. The fourth-order valence-electron chi connectivity index (χ4n) is 0.928. The maximum absolute atomic E-state index is 10.4. The molecule has 0 heterocycles. The Hall–Kier alpha value is -1.71. The molecule has 13 heavy (non-hydrogen) atoms. The van der Waals surface area contributed by atoms with E-state index in [2.05, 4.69) is 0 Å². The van der Waals surface area contributed by atoms with Crippen LogP contribution in [0.1, 0.15) is 5.56 Å². The Kier molecular flexibility index (Phi) is 2.74. The van der Waals surface area contributed by atoms with Crippen LogP contribution in [0.3, 0.4) is 0 Å². The average Bonchev–Trinajstić information content (AvgIpc) is 2.07. The van der Waals surface area contributed by atoms with Gasteiger partial charge in [0, 0.05) is 0 Å². The highest BCUT2D eigenvalue weighted by molar-refractivity contribution is 5.75. The molecule has 0 unspecified atom stereocenters. The normalized spacial score (nSPS) is 9.62. The van der Waals surface area contributed by atoms with Crippen molar-refractivity contribution in [2.75, 3.05) is 12.3 Å². The van der Waals surface area contributed by atoms with Gasteiger partial charge in [0.25, 0.3) is 5.91 Å². The summed E-state index contributed by atoms with van der Waals surface area (Å²) in [6.07, 6.45) is 0. The zero-order valence-corrected chi connectivity index (χ0v) is 7.41. The van der Waals surface area contributed by atoms with Gasteiger partial charge in [-0.25, -0.2) is 0 Å². The molecular formula is C9H12N2O2. The molecule has 0 aliphatic rings. The molecule has 0 spiro atoms. The molecule has 70 valence electrons. The molecule has 0 aliphatic heterocycles. The van der Waals surface area contributed by atoms with Gasteiger partial charge in [0.2, 0.25) is 0 Å². The summed E-state index contributed by atoms with van der Waals surface area (Å²) in [5.41, 5.74) is 12.1. The van der Waals surface area contributed by atoms with Crippen LogP contribution in [0.2, 0.25) is 0 Å². The minimum atomic E-state index is -0.513. The van der Waals surface area contributed by atoms with Gasteiger partial charge in [0.05, 0.1) is 5.69 Å². The lowest BCUT2D eigenvalue weighted by atomic mass is 10.2. The van der Waals surface area contributed by atoms with Gasteiger partial charge in [-0.3, -0.25) is 4.79 Å². The molecular weight excluding hydrogens is 168 g/mol. The fraction of sp³-hybridized carbons (Fsp3) is 0.222. The van der Waals surface area contributed by atoms with Crippen LogP contribution in [-0.4, -0.2) is 12.5 Å². The quantitative estimate of drug-likeness (QED) is 0.662. The Morgan fingerprint density at radius 2 is 2.23 bits per heavy atom. The molecule has 4 heteroatoms. The molecule has 1 aromatic rings. The second-order valence-electron chi connectivity index (χ2n) is 2.74. The summed E-state index contributed by atoms with van der Waals surface area (Å²) >= 11 is 0. The molecule has 0 saturated carbocycles. The smallest absolute Gasteiger partial charge is 0.255 e. The summed E-state index contributed by atoms with van der Waals surface area (Å²) in [6.45, 7) is 1.72. The van der Waals surface area contributed by atoms with Crippen LogP contribution in [-0.2, 0) is 4.79 Å². The molecule has 4 nitrogen and oxygen atoms in total. The zero-order valence-electron chi connectivity index (χ0n) is 7.41. The van der Waals surface area contributed by atoms with E-state index in [0.29, 0.717) is 11.4 Å². The van der Waals surface area contributed by atoms with Crippen molar-refractivity contribution in [1.82, 2.24) is 0 Å². The van der Waals surface area contributed by atoms with Crippen molar-refractivity contribution in [2.24, 2.45) is 5.73 Å². The molecule has 0 saturated heterocycles. The first-order valence-corrected chi connectivity index (χ1v) is 3.87. The molecule has 4 N–H and O–H groups in total. The van der Waals surface area contributed by atoms with E-state index in [1.54, 1.807) is 6.07 Å². The van der Waals surface area contributed by atoms with Crippen LogP contribution in [0.4, 0.5) is 5.69 Å². The highest BCUT2D eigenvalue weighted by Gasteiger charge is 2.03. The third kappa shape index (κ3) is 2.37. The maximum atomic E-state index is 10.4. The standard InChI is InChI=1S/C9H12N2O2/c1-6-3-2-4-7(9(6)11)13-5-8(10)12/h2-4H,5,11H2,1H3,(H2,10,12). The molecule has 1 aromatic carbocycles. The Morgan fingerprint density at radius 3 is 2.85 bits per heavy atom. The lowest BCUT2D eigenvalue weighted by Crippen LogP contribution is -2.20. The van der Waals surface area contributed by atoms with Crippen LogP contribution in [0.15, 0.2) is 18.2 Å². The number of para-hydroxylation sites is 1. The number of carbonyl (C=O) groups is 1. The van der Waals surface area contributed by atoms with E-state index in [9.17, 15) is 4.79 Å². The fourth-order valence-corrected chi connectivity index (χ4v) is 0.928. The third-order valence-electron chi connectivity index (χ3n) is 1.65. The number of primary amides is 1. The SMILES string of the molecule is Cc1cccc(OCC(N)=O)c1N. The van der Waals surface area contributed by atoms with Gasteiger partial charge < -0.3 is 16.2 Å². The van der Waals surface area contributed by atoms with E-state index < -0.39 is 5.91 Å². The van der Waals surface area contributed by atoms with Crippen molar-refractivity contribution in [3.63, 3.8) is 0 Å². The minimum Gasteiger partial charge on any atom is -0.482 e. The molecule has 0 atom stereocenters. The number of aryl methyl sites for hydroxylation is 1. The Labute approximate surface area is 76.5 Å². The summed E-state index contributed by atoms with van der Waals surface area (Å²) in [5.74, 6) is -0.0142.